The summed E-state index contributed by atoms with van der Waals surface area (Å²) in [6.07, 6.45) is 1.09. The number of benzene rings is 1. The van der Waals surface area contributed by atoms with Crippen molar-refractivity contribution in [2.75, 3.05) is 30.3 Å². The van der Waals surface area contributed by atoms with Crippen molar-refractivity contribution < 1.29 is 4.39 Å². The van der Waals surface area contributed by atoms with Gasteiger partial charge in [0.25, 0.3) is 0 Å². The summed E-state index contributed by atoms with van der Waals surface area (Å²) in [7, 11) is 0. The lowest BCUT2D eigenvalue weighted by Gasteiger charge is -2.35. The maximum atomic E-state index is 14.4. The highest BCUT2D eigenvalue weighted by molar-refractivity contribution is 8.00. The number of hydrogen-bond donors (Lipinski definition) is 1. The quantitative estimate of drug-likeness (QED) is 0.889. The highest BCUT2D eigenvalue weighted by atomic mass is 32.2. The van der Waals surface area contributed by atoms with Crippen molar-refractivity contribution in [3.05, 3.63) is 29.6 Å². The number of rotatable bonds is 5. The lowest BCUT2D eigenvalue weighted by Crippen LogP contribution is -2.38. The molecule has 0 aromatic heterocycles. The molecule has 2 rings (SSSR count). The zero-order valence-electron chi connectivity index (χ0n) is 12.7. The largest absolute Gasteiger partial charge is 0.367 e. The molecule has 1 aliphatic rings. The van der Waals surface area contributed by atoms with Gasteiger partial charge in [-0.2, -0.15) is 11.8 Å². The molecule has 4 heteroatoms. The average Bonchev–Trinajstić information content (AvgIpc) is 2.44. The fourth-order valence-electron chi connectivity index (χ4n) is 2.71. The molecular weight excluding hydrogens is 271 g/mol. The summed E-state index contributed by atoms with van der Waals surface area (Å²) in [5.74, 6) is 0.984. The van der Waals surface area contributed by atoms with E-state index in [4.69, 9.17) is 0 Å². The van der Waals surface area contributed by atoms with Gasteiger partial charge in [-0.05, 0) is 31.5 Å². The molecule has 0 amide bonds. The Hall–Kier alpha value is -0.740. The van der Waals surface area contributed by atoms with Crippen LogP contribution in [0.4, 0.5) is 10.1 Å². The second-order valence-corrected chi connectivity index (χ2v) is 7.03. The third-order valence-electron chi connectivity index (χ3n) is 3.74. The molecule has 0 aliphatic carbocycles. The van der Waals surface area contributed by atoms with Crippen LogP contribution in [0.25, 0.3) is 0 Å². The second-order valence-electron chi connectivity index (χ2n) is 5.48. The number of hydrogen-bond acceptors (Lipinski definition) is 3. The van der Waals surface area contributed by atoms with Crippen LogP contribution in [0.15, 0.2) is 18.2 Å². The molecule has 0 saturated carbocycles. The van der Waals surface area contributed by atoms with Crippen LogP contribution in [0, 0.1) is 5.82 Å². The molecule has 0 bridgehead atoms. The molecule has 1 aromatic carbocycles. The number of para-hydroxylation sites is 1. The van der Waals surface area contributed by atoms with Crippen LogP contribution < -0.4 is 10.2 Å². The lowest BCUT2D eigenvalue weighted by molar-refractivity contribution is 0.558. The van der Waals surface area contributed by atoms with Gasteiger partial charge in [-0.15, -0.1) is 0 Å². The Morgan fingerprint density at radius 1 is 1.50 bits per heavy atom. The summed E-state index contributed by atoms with van der Waals surface area (Å²) in [4.78, 5) is 2.22. The maximum Gasteiger partial charge on any atom is 0.146 e. The monoisotopic (exact) mass is 296 g/mol. The van der Waals surface area contributed by atoms with E-state index in [1.54, 1.807) is 6.07 Å². The van der Waals surface area contributed by atoms with Gasteiger partial charge in [0.1, 0.15) is 5.82 Å². The van der Waals surface area contributed by atoms with E-state index in [0.717, 1.165) is 43.1 Å². The summed E-state index contributed by atoms with van der Waals surface area (Å²) in [6, 6.07) is 5.64. The third-order valence-corrected chi connectivity index (χ3v) is 4.88. The Balaban J connectivity index is 2.25. The first kappa shape index (κ1) is 15.6. The van der Waals surface area contributed by atoms with Gasteiger partial charge < -0.3 is 10.2 Å². The highest BCUT2D eigenvalue weighted by Gasteiger charge is 2.23. The van der Waals surface area contributed by atoms with Gasteiger partial charge in [0, 0.05) is 30.1 Å². The van der Waals surface area contributed by atoms with E-state index >= 15 is 0 Å². The molecule has 2 unspecified atom stereocenters. The Morgan fingerprint density at radius 3 is 3.00 bits per heavy atom. The SMILES string of the molecule is CCCNC(C)c1cccc(F)c1N1CCSC(C)C1. The highest BCUT2D eigenvalue weighted by Crippen LogP contribution is 2.32. The Morgan fingerprint density at radius 2 is 2.30 bits per heavy atom. The molecule has 1 saturated heterocycles. The minimum atomic E-state index is -0.0910. The van der Waals surface area contributed by atoms with Gasteiger partial charge in [0.2, 0.25) is 0 Å². The number of anilines is 1. The molecule has 0 radical (unpaired) electrons. The molecule has 0 spiro atoms. The molecule has 20 heavy (non-hydrogen) atoms. The number of halogens is 1. The maximum absolute atomic E-state index is 14.4. The molecule has 1 aromatic rings. The third kappa shape index (κ3) is 3.67. The van der Waals surface area contributed by atoms with Gasteiger partial charge in [-0.25, -0.2) is 4.39 Å². The molecule has 1 fully saturated rings. The topological polar surface area (TPSA) is 15.3 Å². The van der Waals surface area contributed by atoms with Gasteiger partial charge in [0.05, 0.1) is 5.69 Å². The average molecular weight is 296 g/mol. The smallest absolute Gasteiger partial charge is 0.146 e. The molecule has 1 heterocycles. The number of nitrogens with zero attached hydrogens (tertiary/aromatic N) is 1. The number of thioether (sulfide) groups is 1. The van der Waals surface area contributed by atoms with E-state index in [9.17, 15) is 4.39 Å². The van der Waals surface area contributed by atoms with Crippen LogP contribution >= 0.6 is 11.8 Å². The first-order valence-electron chi connectivity index (χ1n) is 7.51. The zero-order chi connectivity index (χ0) is 14.5. The molecular formula is C16H25FN2S. The van der Waals surface area contributed by atoms with Gasteiger partial charge in [-0.1, -0.05) is 26.0 Å². The van der Waals surface area contributed by atoms with Crippen LogP contribution in [0.2, 0.25) is 0 Å². The minimum absolute atomic E-state index is 0.0910. The molecule has 1 aliphatic heterocycles. The predicted molar refractivity (Wildman–Crippen MR) is 87.2 cm³/mol. The molecule has 2 atom stereocenters. The minimum Gasteiger partial charge on any atom is -0.367 e. The van der Waals surface area contributed by atoms with Crippen molar-refractivity contribution >= 4 is 17.4 Å². The Labute approximate surface area is 126 Å². The van der Waals surface area contributed by atoms with Crippen molar-refractivity contribution in [2.45, 2.75) is 38.5 Å². The summed E-state index contributed by atoms with van der Waals surface area (Å²) in [5.41, 5.74) is 1.88. The Bertz CT molecular complexity index is 438. The van der Waals surface area contributed by atoms with Gasteiger partial charge >= 0.3 is 0 Å². The van der Waals surface area contributed by atoms with Gasteiger partial charge in [0.15, 0.2) is 0 Å². The first-order valence-corrected chi connectivity index (χ1v) is 8.56. The van der Waals surface area contributed by atoms with Crippen LogP contribution in [-0.2, 0) is 0 Å². The predicted octanol–water partition coefficient (Wildman–Crippen LogP) is 3.83. The van der Waals surface area contributed by atoms with Crippen LogP contribution in [0.1, 0.15) is 38.8 Å². The molecule has 1 N–H and O–H groups in total. The van der Waals surface area contributed by atoms with E-state index in [0.29, 0.717) is 5.25 Å². The van der Waals surface area contributed by atoms with Gasteiger partial charge in [-0.3, -0.25) is 0 Å². The summed E-state index contributed by atoms with van der Waals surface area (Å²) in [6.45, 7) is 9.31. The standard InChI is InChI=1S/C16H25FN2S/c1-4-8-18-13(3)14-6-5-7-15(17)16(14)19-9-10-20-12(2)11-19/h5-7,12-13,18H,4,8-11H2,1-3H3. The van der Waals surface area contributed by atoms with E-state index in [1.807, 2.05) is 17.8 Å². The second kappa shape index (κ2) is 7.32. The Kier molecular flexibility index (Phi) is 5.73. The van der Waals surface area contributed by atoms with Crippen molar-refractivity contribution in [3.63, 3.8) is 0 Å². The van der Waals surface area contributed by atoms with Crippen molar-refractivity contribution in [2.24, 2.45) is 0 Å². The number of nitrogens with one attached hydrogen (secondary N) is 1. The van der Waals surface area contributed by atoms with Crippen molar-refractivity contribution in [1.82, 2.24) is 5.32 Å². The van der Waals surface area contributed by atoms with Crippen molar-refractivity contribution in [1.29, 1.82) is 0 Å². The first-order chi connectivity index (χ1) is 9.63. The van der Waals surface area contributed by atoms with Crippen LogP contribution in [0.3, 0.4) is 0 Å². The van der Waals surface area contributed by atoms with E-state index in [-0.39, 0.29) is 11.9 Å². The molecule has 112 valence electrons. The van der Waals surface area contributed by atoms with Crippen molar-refractivity contribution in [3.8, 4) is 0 Å². The zero-order valence-corrected chi connectivity index (χ0v) is 13.5. The normalized spacial score (nSPS) is 21.0. The lowest BCUT2D eigenvalue weighted by atomic mass is 10.0. The summed E-state index contributed by atoms with van der Waals surface area (Å²) >= 11 is 1.97. The van der Waals surface area contributed by atoms with E-state index < -0.39 is 0 Å². The fourth-order valence-corrected chi connectivity index (χ4v) is 3.72. The summed E-state index contributed by atoms with van der Waals surface area (Å²) < 4.78 is 14.4. The molecule has 2 nitrogen and oxygen atoms in total. The van der Waals surface area contributed by atoms with Crippen LogP contribution in [0.5, 0.6) is 0 Å². The summed E-state index contributed by atoms with van der Waals surface area (Å²) in [5, 5.41) is 4.03. The van der Waals surface area contributed by atoms with E-state index in [1.165, 1.54) is 0 Å². The van der Waals surface area contributed by atoms with Crippen LogP contribution in [-0.4, -0.2) is 30.6 Å². The van der Waals surface area contributed by atoms with E-state index in [2.05, 4.69) is 37.1 Å². The fraction of sp³-hybridized carbons (Fsp3) is 0.625.